The van der Waals surface area contributed by atoms with Gasteiger partial charge >= 0.3 is 0 Å². The lowest BCUT2D eigenvalue weighted by Gasteiger charge is -2.09. The van der Waals surface area contributed by atoms with Gasteiger partial charge in [0.05, 0.1) is 0 Å². The predicted octanol–water partition coefficient (Wildman–Crippen LogP) is 3.84. The third kappa shape index (κ3) is 2.62. The molecule has 0 unspecified atom stereocenters. The molecular formula is C11H8ClIN2O. The van der Waals surface area contributed by atoms with Crippen LogP contribution in [0.15, 0.2) is 30.6 Å². The van der Waals surface area contributed by atoms with Gasteiger partial charge in [-0.15, -0.1) is 0 Å². The summed E-state index contributed by atoms with van der Waals surface area (Å²) in [7, 11) is 0. The fraction of sp³-hybridized carbons (Fsp3) is 0.0909. The monoisotopic (exact) mass is 346 g/mol. The molecule has 0 N–H and O–H groups in total. The molecule has 16 heavy (non-hydrogen) atoms. The molecule has 0 aliphatic heterocycles. The van der Waals surface area contributed by atoms with E-state index >= 15 is 0 Å². The van der Waals surface area contributed by atoms with E-state index in [-0.39, 0.29) is 0 Å². The molecular weight excluding hydrogens is 338 g/mol. The summed E-state index contributed by atoms with van der Waals surface area (Å²) < 4.78 is 6.55. The van der Waals surface area contributed by atoms with Crippen molar-refractivity contribution in [1.82, 2.24) is 9.97 Å². The summed E-state index contributed by atoms with van der Waals surface area (Å²) in [5.74, 6) is 1.42. The Hall–Kier alpha value is -0.880. The van der Waals surface area contributed by atoms with Crippen molar-refractivity contribution in [3.63, 3.8) is 0 Å². The van der Waals surface area contributed by atoms with Crippen molar-refractivity contribution < 1.29 is 4.74 Å². The average molecular weight is 347 g/mol. The van der Waals surface area contributed by atoms with Crippen LogP contribution in [0.25, 0.3) is 0 Å². The second-order valence-corrected chi connectivity index (χ2v) is 4.57. The summed E-state index contributed by atoms with van der Waals surface area (Å²) in [6.45, 7) is 1.97. The Bertz CT molecular complexity index is 499. The Labute approximate surface area is 112 Å². The van der Waals surface area contributed by atoms with Gasteiger partial charge in [0, 0.05) is 18.5 Å². The van der Waals surface area contributed by atoms with Crippen LogP contribution in [-0.4, -0.2) is 9.97 Å². The van der Waals surface area contributed by atoms with Crippen molar-refractivity contribution in [3.05, 3.63) is 45.0 Å². The van der Waals surface area contributed by atoms with Crippen LogP contribution in [0.2, 0.25) is 5.15 Å². The highest BCUT2D eigenvalue weighted by molar-refractivity contribution is 14.1. The fourth-order valence-electron chi connectivity index (χ4n) is 1.20. The molecule has 0 aliphatic carbocycles. The van der Waals surface area contributed by atoms with Gasteiger partial charge in [-0.2, -0.15) is 0 Å². The van der Waals surface area contributed by atoms with Crippen LogP contribution in [0.1, 0.15) is 5.56 Å². The van der Waals surface area contributed by atoms with E-state index in [1.54, 1.807) is 24.5 Å². The quantitative estimate of drug-likeness (QED) is 0.612. The van der Waals surface area contributed by atoms with E-state index in [2.05, 4.69) is 32.6 Å². The number of pyridine rings is 2. The van der Waals surface area contributed by atoms with E-state index in [0.29, 0.717) is 10.9 Å². The first-order valence-corrected chi connectivity index (χ1v) is 6.03. The number of hydrogen-bond donors (Lipinski definition) is 0. The number of nitrogens with zero attached hydrogens (tertiary/aromatic N) is 2. The standard InChI is InChI=1S/C11H8ClIN2O/c1-7-2-4-15-11(13)10(7)16-8-3-5-14-9(12)6-8/h2-6H,1H3. The van der Waals surface area contributed by atoms with Crippen LogP contribution in [0.4, 0.5) is 0 Å². The first-order valence-electron chi connectivity index (χ1n) is 4.57. The largest absolute Gasteiger partial charge is 0.454 e. The minimum atomic E-state index is 0.411. The second kappa shape index (κ2) is 4.97. The van der Waals surface area contributed by atoms with Crippen LogP contribution < -0.4 is 4.74 Å². The molecule has 82 valence electrons. The van der Waals surface area contributed by atoms with E-state index < -0.39 is 0 Å². The third-order valence-electron chi connectivity index (χ3n) is 1.98. The molecule has 0 spiro atoms. The van der Waals surface area contributed by atoms with E-state index in [9.17, 15) is 0 Å². The smallest absolute Gasteiger partial charge is 0.162 e. The summed E-state index contributed by atoms with van der Waals surface area (Å²) in [5, 5.41) is 0.411. The summed E-state index contributed by atoms with van der Waals surface area (Å²) in [6.07, 6.45) is 3.36. The molecule has 0 radical (unpaired) electrons. The number of halogens is 2. The predicted molar refractivity (Wildman–Crippen MR) is 71.0 cm³/mol. The minimum Gasteiger partial charge on any atom is -0.454 e. The maximum absolute atomic E-state index is 5.78. The van der Waals surface area contributed by atoms with Gasteiger partial charge in [0.2, 0.25) is 0 Å². The highest BCUT2D eigenvalue weighted by Gasteiger charge is 2.07. The van der Waals surface area contributed by atoms with Crippen LogP contribution >= 0.6 is 34.2 Å². The lowest BCUT2D eigenvalue weighted by Crippen LogP contribution is -1.93. The van der Waals surface area contributed by atoms with Gasteiger partial charge in [-0.05, 0) is 47.2 Å². The summed E-state index contributed by atoms with van der Waals surface area (Å²) in [6, 6.07) is 5.33. The minimum absolute atomic E-state index is 0.411. The zero-order valence-corrected chi connectivity index (χ0v) is 11.4. The number of aryl methyl sites for hydroxylation is 1. The van der Waals surface area contributed by atoms with Gasteiger partial charge in [-0.1, -0.05) is 11.6 Å². The lowest BCUT2D eigenvalue weighted by atomic mass is 10.3. The van der Waals surface area contributed by atoms with Gasteiger partial charge in [-0.3, -0.25) is 0 Å². The molecule has 0 saturated heterocycles. The summed E-state index contributed by atoms with van der Waals surface area (Å²) in [5.41, 5.74) is 1.03. The molecule has 0 bridgehead atoms. The normalized spacial score (nSPS) is 10.2. The average Bonchev–Trinajstić information content (AvgIpc) is 2.24. The molecule has 3 nitrogen and oxygen atoms in total. The van der Waals surface area contributed by atoms with Gasteiger partial charge < -0.3 is 4.74 Å². The molecule has 2 heterocycles. The Morgan fingerprint density at radius 1 is 1.25 bits per heavy atom. The number of hydrogen-bond acceptors (Lipinski definition) is 3. The molecule has 0 amide bonds. The lowest BCUT2D eigenvalue weighted by molar-refractivity contribution is 0.471. The van der Waals surface area contributed by atoms with Crippen molar-refractivity contribution in [2.75, 3.05) is 0 Å². The topological polar surface area (TPSA) is 35.0 Å². The molecule has 0 atom stereocenters. The zero-order valence-electron chi connectivity index (χ0n) is 8.45. The third-order valence-corrected chi connectivity index (χ3v) is 2.95. The Kier molecular flexibility index (Phi) is 3.60. The molecule has 2 aromatic rings. The van der Waals surface area contributed by atoms with Crippen LogP contribution in [-0.2, 0) is 0 Å². The van der Waals surface area contributed by atoms with Crippen molar-refractivity contribution >= 4 is 34.2 Å². The van der Waals surface area contributed by atoms with Gasteiger partial charge in [0.25, 0.3) is 0 Å². The van der Waals surface area contributed by atoms with Crippen LogP contribution in [0.3, 0.4) is 0 Å². The van der Waals surface area contributed by atoms with Crippen molar-refractivity contribution in [2.24, 2.45) is 0 Å². The van der Waals surface area contributed by atoms with Crippen LogP contribution in [0.5, 0.6) is 11.5 Å². The highest BCUT2D eigenvalue weighted by atomic mass is 127. The number of aromatic nitrogens is 2. The number of ether oxygens (including phenoxy) is 1. The van der Waals surface area contributed by atoms with Crippen molar-refractivity contribution in [3.8, 4) is 11.5 Å². The van der Waals surface area contributed by atoms with Crippen LogP contribution in [0, 0.1) is 10.6 Å². The maximum Gasteiger partial charge on any atom is 0.162 e. The van der Waals surface area contributed by atoms with E-state index in [4.69, 9.17) is 16.3 Å². The first-order chi connectivity index (χ1) is 7.66. The summed E-state index contributed by atoms with van der Waals surface area (Å²) in [4.78, 5) is 8.07. The molecule has 0 aromatic carbocycles. The van der Waals surface area contributed by atoms with E-state index in [1.165, 1.54) is 0 Å². The number of rotatable bonds is 2. The van der Waals surface area contributed by atoms with E-state index in [1.807, 2.05) is 13.0 Å². The first kappa shape index (κ1) is 11.6. The molecule has 0 fully saturated rings. The van der Waals surface area contributed by atoms with Crippen molar-refractivity contribution in [2.45, 2.75) is 6.92 Å². The van der Waals surface area contributed by atoms with E-state index in [0.717, 1.165) is 15.0 Å². The second-order valence-electron chi connectivity index (χ2n) is 3.16. The summed E-state index contributed by atoms with van der Waals surface area (Å²) >= 11 is 7.92. The Morgan fingerprint density at radius 2 is 2.00 bits per heavy atom. The fourth-order valence-corrected chi connectivity index (χ4v) is 2.06. The molecule has 2 rings (SSSR count). The van der Waals surface area contributed by atoms with Gasteiger partial charge in [-0.25, -0.2) is 9.97 Å². The molecule has 2 aromatic heterocycles. The van der Waals surface area contributed by atoms with Gasteiger partial charge in [0.1, 0.15) is 14.6 Å². The zero-order chi connectivity index (χ0) is 11.5. The molecule has 5 heteroatoms. The van der Waals surface area contributed by atoms with Crippen molar-refractivity contribution in [1.29, 1.82) is 0 Å². The molecule has 0 saturated carbocycles. The Morgan fingerprint density at radius 3 is 2.69 bits per heavy atom. The Balaban J connectivity index is 2.34. The molecule has 0 aliphatic rings. The highest BCUT2D eigenvalue weighted by Crippen LogP contribution is 2.29. The SMILES string of the molecule is Cc1ccnc(I)c1Oc1ccnc(Cl)c1. The maximum atomic E-state index is 5.78. The van der Waals surface area contributed by atoms with Gasteiger partial charge in [0.15, 0.2) is 5.75 Å².